The van der Waals surface area contributed by atoms with Gasteiger partial charge in [0, 0.05) is 11.1 Å². The SMILES string of the molecule is COc1ccc(N(CC(=O)NN=Cc2ccc(Cl)cc2)S(=O)(=O)c2ccc(OC)c(OC)c2)cc1. The summed E-state index contributed by atoms with van der Waals surface area (Å²) in [6, 6.07) is 17.3. The van der Waals surface area contributed by atoms with E-state index in [1.165, 1.54) is 45.7 Å². The maximum atomic E-state index is 13.6. The molecular formula is C24H24ClN3O6S. The predicted molar refractivity (Wildman–Crippen MR) is 134 cm³/mol. The highest BCUT2D eigenvalue weighted by atomic mass is 35.5. The highest BCUT2D eigenvalue weighted by Crippen LogP contribution is 2.32. The molecule has 0 aliphatic carbocycles. The van der Waals surface area contributed by atoms with Gasteiger partial charge < -0.3 is 14.2 Å². The summed E-state index contributed by atoms with van der Waals surface area (Å²) >= 11 is 5.86. The number of rotatable bonds is 10. The Morgan fingerprint density at radius 2 is 1.60 bits per heavy atom. The van der Waals surface area contributed by atoms with Crippen LogP contribution in [0.3, 0.4) is 0 Å². The highest BCUT2D eigenvalue weighted by Gasteiger charge is 2.28. The second-order valence-corrected chi connectivity index (χ2v) is 9.37. The van der Waals surface area contributed by atoms with Crippen molar-refractivity contribution < 1.29 is 27.4 Å². The lowest BCUT2D eigenvalue weighted by Gasteiger charge is -2.24. The van der Waals surface area contributed by atoms with Crippen LogP contribution in [0, 0.1) is 0 Å². The molecule has 0 saturated heterocycles. The average molecular weight is 518 g/mol. The summed E-state index contributed by atoms with van der Waals surface area (Å²) < 4.78 is 43.7. The van der Waals surface area contributed by atoms with E-state index in [1.807, 2.05) is 0 Å². The van der Waals surface area contributed by atoms with Gasteiger partial charge in [0.1, 0.15) is 12.3 Å². The summed E-state index contributed by atoms with van der Waals surface area (Å²) in [5.41, 5.74) is 3.32. The number of hydrazone groups is 1. The van der Waals surface area contributed by atoms with Crippen LogP contribution in [0.5, 0.6) is 17.2 Å². The number of ether oxygens (including phenoxy) is 3. The zero-order chi connectivity index (χ0) is 25.4. The quantitative estimate of drug-likeness (QED) is 0.324. The second-order valence-electron chi connectivity index (χ2n) is 7.07. The lowest BCUT2D eigenvalue weighted by Crippen LogP contribution is -2.39. The summed E-state index contributed by atoms with van der Waals surface area (Å²) in [5, 5.41) is 4.48. The van der Waals surface area contributed by atoms with E-state index in [-0.39, 0.29) is 16.3 Å². The number of methoxy groups -OCH3 is 3. The van der Waals surface area contributed by atoms with Crippen LogP contribution >= 0.6 is 11.6 Å². The minimum absolute atomic E-state index is 0.0802. The lowest BCUT2D eigenvalue weighted by molar-refractivity contribution is -0.119. The Balaban J connectivity index is 1.90. The second kappa shape index (κ2) is 11.6. The molecule has 11 heteroatoms. The van der Waals surface area contributed by atoms with E-state index >= 15 is 0 Å². The number of hydrogen-bond donors (Lipinski definition) is 1. The number of halogens is 1. The maximum Gasteiger partial charge on any atom is 0.264 e. The maximum absolute atomic E-state index is 13.6. The van der Waals surface area contributed by atoms with E-state index in [2.05, 4.69) is 10.5 Å². The van der Waals surface area contributed by atoms with Gasteiger partial charge in [-0.2, -0.15) is 5.10 Å². The summed E-state index contributed by atoms with van der Waals surface area (Å²) in [4.78, 5) is 12.6. The van der Waals surface area contributed by atoms with Gasteiger partial charge in [0.2, 0.25) is 0 Å². The van der Waals surface area contributed by atoms with Gasteiger partial charge in [-0.1, -0.05) is 23.7 Å². The molecule has 3 rings (SSSR count). The van der Waals surface area contributed by atoms with Crippen molar-refractivity contribution in [2.45, 2.75) is 4.90 Å². The summed E-state index contributed by atoms with van der Waals surface area (Å²) in [7, 11) is 0.174. The predicted octanol–water partition coefficient (Wildman–Crippen LogP) is 3.71. The van der Waals surface area contributed by atoms with Crippen molar-refractivity contribution in [2.75, 3.05) is 32.2 Å². The first-order valence-electron chi connectivity index (χ1n) is 10.2. The van der Waals surface area contributed by atoms with Gasteiger partial charge in [0.25, 0.3) is 15.9 Å². The number of hydrogen-bond acceptors (Lipinski definition) is 7. The third kappa shape index (κ3) is 6.43. The molecule has 0 aromatic heterocycles. The molecule has 0 atom stereocenters. The Kier molecular flexibility index (Phi) is 8.56. The Morgan fingerprint density at radius 3 is 2.20 bits per heavy atom. The summed E-state index contributed by atoms with van der Waals surface area (Å²) in [6.45, 7) is -0.527. The first-order valence-corrected chi connectivity index (χ1v) is 12.1. The van der Waals surface area contributed by atoms with E-state index in [0.29, 0.717) is 22.1 Å². The van der Waals surface area contributed by atoms with E-state index in [1.54, 1.807) is 48.5 Å². The monoisotopic (exact) mass is 517 g/mol. The van der Waals surface area contributed by atoms with Crippen molar-refractivity contribution in [3.05, 3.63) is 77.3 Å². The molecule has 1 amide bonds. The van der Waals surface area contributed by atoms with Gasteiger partial charge >= 0.3 is 0 Å². The van der Waals surface area contributed by atoms with Crippen LogP contribution in [0.2, 0.25) is 5.02 Å². The van der Waals surface area contributed by atoms with Crippen molar-refractivity contribution in [1.29, 1.82) is 0 Å². The van der Waals surface area contributed by atoms with Crippen molar-refractivity contribution >= 4 is 39.4 Å². The molecule has 3 aromatic carbocycles. The number of amides is 1. The molecule has 184 valence electrons. The third-order valence-electron chi connectivity index (χ3n) is 4.86. The van der Waals surface area contributed by atoms with Crippen LogP contribution < -0.4 is 23.9 Å². The Labute approximate surface area is 208 Å². The molecule has 3 aromatic rings. The fraction of sp³-hybridized carbons (Fsp3) is 0.167. The zero-order valence-corrected chi connectivity index (χ0v) is 20.8. The molecule has 9 nitrogen and oxygen atoms in total. The van der Waals surface area contributed by atoms with Crippen molar-refractivity contribution in [2.24, 2.45) is 5.10 Å². The van der Waals surface area contributed by atoms with Crippen LogP contribution in [-0.4, -0.2) is 48.4 Å². The molecule has 0 radical (unpaired) electrons. The Morgan fingerprint density at radius 1 is 0.943 bits per heavy atom. The number of carbonyl (C=O) groups excluding carboxylic acids is 1. The molecule has 35 heavy (non-hydrogen) atoms. The fourth-order valence-electron chi connectivity index (χ4n) is 3.06. The van der Waals surface area contributed by atoms with Gasteiger partial charge in [-0.3, -0.25) is 9.10 Å². The van der Waals surface area contributed by atoms with Gasteiger partial charge in [0.05, 0.1) is 38.1 Å². The minimum Gasteiger partial charge on any atom is -0.497 e. The molecule has 0 unspecified atom stereocenters. The van der Waals surface area contributed by atoms with Gasteiger partial charge in [-0.15, -0.1) is 0 Å². The number of carbonyl (C=O) groups is 1. The number of sulfonamides is 1. The molecule has 0 saturated carbocycles. The Bertz CT molecular complexity index is 1300. The van der Waals surface area contributed by atoms with E-state index in [0.717, 1.165) is 4.31 Å². The third-order valence-corrected chi connectivity index (χ3v) is 6.89. The molecule has 0 heterocycles. The van der Waals surface area contributed by atoms with Crippen molar-refractivity contribution in [3.8, 4) is 17.2 Å². The zero-order valence-electron chi connectivity index (χ0n) is 19.3. The van der Waals surface area contributed by atoms with E-state index in [9.17, 15) is 13.2 Å². The van der Waals surface area contributed by atoms with Gasteiger partial charge in [0.15, 0.2) is 11.5 Å². The van der Waals surface area contributed by atoms with Crippen molar-refractivity contribution in [3.63, 3.8) is 0 Å². The number of anilines is 1. The summed E-state index contributed by atoms with van der Waals surface area (Å²) in [5.74, 6) is 0.501. The topological polar surface area (TPSA) is 107 Å². The Hall–Kier alpha value is -3.76. The van der Waals surface area contributed by atoms with Crippen LogP contribution in [0.15, 0.2) is 76.7 Å². The summed E-state index contributed by atoms with van der Waals surface area (Å²) in [6.07, 6.45) is 1.43. The largest absolute Gasteiger partial charge is 0.497 e. The number of nitrogens with one attached hydrogen (secondary N) is 1. The van der Waals surface area contributed by atoms with E-state index in [4.69, 9.17) is 25.8 Å². The number of benzene rings is 3. The smallest absolute Gasteiger partial charge is 0.264 e. The van der Waals surface area contributed by atoms with Crippen LogP contribution in [0.1, 0.15) is 5.56 Å². The molecule has 0 spiro atoms. The van der Waals surface area contributed by atoms with Crippen LogP contribution in [0.25, 0.3) is 0 Å². The lowest BCUT2D eigenvalue weighted by atomic mass is 10.2. The minimum atomic E-state index is -4.18. The normalized spacial score (nSPS) is 11.2. The number of nitrogens with zero attached hydrogens (tertiary/aromatic N) is 2. The first kappa shape index (κ1) is 25.9. The highest BCUT2D eigenvalue weighted by molar-refractivity contribution is 7.92. The standard InChI is InChI=1S/C24H24ClN3O6S/c1-32-20-10-8-19(9-11-20)28(16-24(29)27-26-15-17-4-6-18(25)7-5-17)35(30,31)21-12-13-22(33-2)23(14-21)34-3/h4-15H,16H2,1-3H3,(H,27,29). The first-order chi connectivity index (χ1) is 16.8. The van der Waals surface area contributed by atoms with Gasteiger partial charge in [-0.25, -0.2) is 13.8 Å². The molecule has 0 aliphatic rings. The van der Waals surface area contributed by atoms with Crippen LogP contribution in [-0.2, 0) is 14.8 Å². The van der Waals surface area contributed by atoms with Crippen LogP contribution in [0.4, 0.5) is 5.69 Å². The molecular weight excluding hydrogens is 494 g/mol. The average Bonchev–Trinajstić information content (AvgIpc) is 2.88. The van der Waals surface area contributed by atoms with Gasteiger partial charge in [-0.05, 0) is 54.1 Å². The fourth-order valence-corrected chi connectivity index (χ4v) is 4.62. The molecule has 1 N–H and O–H groups in total. The molecule has 0 aliphatic heterocycles. The molecule has 0 bridgehead atoms. The molecule has 0 fully saturated rings. The van der Waals surface area contributed by atoms with Crippen molar-refractivity contribution in [1.82, 2.24) is 5.43 Å². The van der Waals surface area contributed by atoms with E-state index < -0.39 is 22.5 Å².